The highest BCUT2D eigenvalue weighted by molar-refractivity contribution is 6.01. The van der Waals surface area contributed by atoms with Crippen LogP contribution in [-0.2, 0) is 19.0 Å². The Labute approximate surface area is 210 Å². The number of nitrogens with zero attached hydrogens (tertiary/aromatic N) is 1. The van der Waals surface area contributed by atoms with Gasteiger partial charge in [-0.15, -0.1) is 0 Å². The SMILES string of the molecule is CCOC(=O)[C@H]1C[C@@H](N=C(NC(=O)OC(C)(C)C)NC(=O)OC(C)(C)C)[C@H](C(N)C(CC)CC)C1. The Kier molecular flexibility index (Phi) is 11.5. The summed E-state index contributed by atoms with van der Waals surface area (Å²) in [4.78, 5) is 42.2. The first-order valence-corrected chi connectivity index (χ1v) is 12.6. The van der Waals surface area contributed by atoms with Crippen LogP contribution >= 0.6 is 0 Å². The number of rotatable bonds is 7. The Hall–Kier alpha value is -2.36. The molecule has 10 nitrogen and oxygen atoms in total. The first kappa shape index (κ1) is 30.7. The second-order valence-corrected chi connectivity index (χ2v) is 11.0. The van der Waals surface area contributed by atoms with E-state index in [1.165, 1.54) is 0 Å². The lowest BCUT2D eigenvalue weighted by molar-refractivity contribution is -0.147. The van der Waals surface area contributed by atoms with Crippen LogP contribution in [0.1, 0.15) is 88.0 Å². The van der Waals surface area contributed by atoms with E-state index in [0.717, 1.165) is 12.8 Å². The van der Waals surface area contributed by atoms with Gasteiger partial charge in [-0.3, -0.25) is 15.4 Å². The van der Waals surface area contributed by atoms with E-state index in [0.29, 0.717) is 12.8 Å². The minimum absolute atomic E-state index is 0.107. The maximum atomic E-state index is 12.5. The summed E-state index contributed by atoms with van der Waals surface area (Å²) in [7, 11) is 0. The van der Waals surface area contributed by atoms with E-state index in [4.69, 9.17) is 19.9 Å². The topological polar surface area (TPSA) is 141 Å². The number of esters is 1. The lowest BCUT2D eigenvalue weighted by atomic mass is 9.82. The zero-order valence-corrected chi connectivity index (χ0v) is 22.9. The van der Waals surface area contributed by atoms with Crippen molar-refractivity contribution in [2.45, 2.75) is 111 Å². The Morgan fingerprint density at radius 2 is 1.40 bits per heavy atom. The lowest BCUT2D eigenvalue weighted by Gasteiger charge is -2.30. The number of hydrogen-bond acceptors (Lipinski definition) is 8. The predicted octanol–water partition coefficient (Wildman–Crippen LogP) is 4.11. The molecule has 202 valence electrons. The van der Waals surface area contributed by atoms with Gasteiger partial charge < -0.3 is 19.9 Å². The number of guanidine groups is 1. The molecule has 0 aromatic carbocycles. The van der Waals surface area contributed by atoms with Gasteiger partial charge in [0.1, 0.15) is 11.2 Å². The normalized spacial score (nSPS) is 21.2. The molecule has 35 heavy (non-hydrogen) atoms. The molecule has 0 bridgehead atoms. The molecule has 1 saturated carbocycles. The number of amides is 2. The fourth-order valence-electron chi connectivity index (χ4n) is 4.31. The van der Waals surface area contributed by atoms with Gasteiger partial charge in [0, 0.05) is 6.04 Å². The Bertz CT molecular complexity index is 720. The smallest absolute Gasteiger partial charge is 0.414 e. The molecule has 0 aliphatic heterocycles. The minimum atomic E-state index is -0.770. The molecule has 0 aromatic rings. The van der Waals surface area contributed by atoms with Crippen LogP contribution in [0.2, 0.25) is 0 Å². The number of nitrogens with one attached hydrogen (secondary N) is 2. The van der Waals surface area contributed by atoms with E-state index in [1.807, 2.05) is 0 Å². The van der Waals surface area contributed by atoms with Gasteiger partial charge in [-0.1, -0.05) is 26.7 Å². The Morgan fingerprint density at radius 3 is 1.80 bits per heavy atom. The number of carbonyl (C=O) groups excluding carboxylic acids is 3. The number of nitrogens with two attached hydrogens (primary N) is 1. The third kappa shape index (κ3) is 10.8. The molecule has 1 unspecified atom stereocenters. The second-order valence-electron chi connectivity index (χ2n) is 11.0. The number of hydrogen-bond donors (Lipinski definition) is 3. The van der Waals surface area contributed by atoms with Crippen molar-refractivity contribution in [3.05, 3.63) is 0 Å². The van der Waals surface area contributed by atoms with Crippen LogP contribution in [-0.4, -0.2) is 54.0 Å². The summed E-state index contributed by atoms with van der Waals surface area (Å²) in [6.45, 7) is 16.6. The second kappa shape index (κ2) is 13.1. The molecule has 4 N–H and O–H groups in total. The maximum absolute atomic E-state index is 12.5. The first-order valence-electron chi connectivity index (χ1n) is 12.6. The van der Waals surface area contributed by atoms with Crippen LogP contribution in [0.3, 0.4) is 0 Å². The van der Waals surface area contributed by atoms with Gasteiger partial charge in [-0.25, -0.2) is 14.6 Å². The van der Waals surface area contributed by atoms with Gasteiger partial charge in [0.25, 0.3) is 0 Å². The summed E-state index contributed by atoms with van der Waals surface area (Å²) in [6, 6.07) is -0.623. The molecule has 0 saturated heterocycles. The maximum Gasteiger partial charge on any atom is 0.414 e. The molecule has 0 spiro atoms. The molecule has 0 heterocycles. The van der Waals surface area contributed by atoms with Crippen molar-refractivity contribution in [1.29, 1.82) is 0 Å². The molecule has 10 heteroatoms. The number of ether oxygens (including phenoxy) is 3. The number of aliphatic imine (C=N–C) groups is 1. The highest BCUT2D eigenvalue weighted by Gasteiger charge is 2.43. The van der Waals surface area contributed by atoms with Crippen LogP contribution in [0.15, 0.2) is 4.99 Å². The van der Waals surface area contributed by atoms with Crippen molar-refractivity contribution in [2.75, 3.05) is 6.61 Å². The van der Waals surface area contributed by atoms with E-state index in [-0.39, 0.29) is 42.3 Å². The Morgan fingerprint density at radius 1 is 0.914 bits per heavy atom. The largest absolute Gasteiger partial charge is 0.466 e. The molecule has 1 aliphatic carbocycles. The third-order valence-corrected chi connectivity index (χ3v) is 5.82. The van der Waals surface area contributed by atoms with Crippen LogP contribution in [0.5, 0.6) is 0 Å². The van der Waals surface area contributed by atoms with Crippen LogP contribution < -0.4 is 16.4 Å². The van der Waals surface area contributed by atoms with Gasteiger partial charge >= 0.3 is 18.2 Å². The Balaban J connectivity index is 3.30. The van der Waals surface area contributed by atoms with Gasteiger partial charge in [-0.2, -0.15) is 0 Å². The third-order valence-electron chi connectivity index (χ3n) is 5.82. The summed E-state index contributed by atoms with van der Waals surface area (Å²) in [5, 5.41) is 5.05. The lowest BCUT2D eigenvalue weighted by Crippen LogP contribution is -2.48. The molecule has 1 aliphatic rings. The predicted molar refractivity (Wildman–Crippen MR) is 135 cm³/mol. The van der Waals surface area contributed by atoms with E-state index in [9.17, 15) is 14.4 Å². The molecule has 0 aromatic heterocycles. The zero-order chi connectivity index (χ0) is 27.0. The molecule has 0 radical (unpaired) electrons. The van der Waals surface area contributed by atoms with E-state index in [2.05, 4.69) is 29.5 Å². The quantitative estimate of drug-likeness (QED) is 0.207. The van der Waals surface area contributed by atoms with Crippen LogP contribution in [0.4, 0.5) is 9.59 Å². The van der Waals surface area contributed by atoms with Crippen LogP contribution in [0.25, 0.3) is 0 Å². The summed E-state index contributed by atoms with van der Waals surface area (Å²) >= 11 is 0. The molecular weight excluding hydrogens is 452 g/mol. The molecule has 4 atom stereocenters. The van der Waals surface area contributed by atoms with Gasteiger partial charge in [-0.05, 0) is 73.1 Å². The highest BCUT2D eigenvalue weighted by atomic mass is 16.6. The fourth-order valence-corrected chi connectivity index (χ4v) is 4.31. The van der Waals surface area contributed by atoms with Gasteiger partial charge in [0.05, 0.1) is 18.6 Å². The standard InChI is InChI=1S/C25H46N4O6/c1-10-15(11-2)19(26)17-13-16(20(30)33-12-3)14-18(17)27-21(28-22(31)34-24(4,5)6)29-23(32)35-25(7,8)9/h15-19H,10-14,26H2,1-9H3,(H2,27,28,29,31,32)/t16-,17-,18-,19?/m1/s1. The summed E-state index contributed by atoms with van der Waals surface area (Å²) in [5.41, 5.74) is 5.18. The van der Waals surface area contributed by atoms with E-state index < -0.39 is 29.4 Å². The average Bonchev–Trinajstić information content (AvgIpc) is 3.09. The van der Waals surface area contributed by atoms with Gasteiger partial charge in [0.2, 0.25) is 5.96 Å². The van der Waals surface area contributed by atoms with Crippen molar-refractivity contribution in [3.8, 4) is 0 Å². The number of alkyl carbamates (subject to hydrolysis) is 2. The van der Waals surface area contributed by atoms with Crippen molar-refractivity contribution < 1.29 is 28.6 Å². The van der Waals surface area contributed by atoms with E-state index >= 15 is 0 Å². The fraction of sp³-hybridized carbons (Fsp3) is 0.840. The first-order chi connectivity index (χ1) is 16.1. The molecule has 1 rings (SSSR count). The monoisotopic (exact) mass is 498 g/mol. The van der Waals surface area contributed by atoms with Crippen molar-refractivity contribution in [2.24, 2.45) is 28.5 Å². The molecular formula is C25H46N4O6. The molecule has 2 amide bonds. The average molecular weight is 499 g/mol. The van der Waals surface area contributed by atoms with Crippen LogP contribution in [0, 0.1) is 17.8 Å². The number of carbonyl (C=O) groups is 3. The van der Waals surface area contributed by atoms with Crippen molar-refractivity contribution in [1.82, 2.24) is 10.6 Å². The van der Waals surface area contributed by atoms with E-state index in [1.54, 1.807) is 48.5 Å². The van der Waals surface area contributed by atoms with Crippen molar-refractivity contribution in [3.63, 3.8) is 0 Å². The van der Waals surface area contributed by atoms with Gasteiger partial charge in [0.15, 0.2) is 0 Å². The summed E-state index contributed by atoms with van der Waals surface area (Å²) in [5.74, 6) is -0.637. The zero-order valence-electron chi connectivity index (χ0n) is 22.9. The summed E-state index contributed by atoms with van der Waals surface area (Å²) < 4.78 is 15.9. The molecule has 1 fully saturated rings. The summed E-state index contributed by atoms with van der Waals surface area (Å²) in [6.07, 6.45) is 1.17. The van der Waals surface area contributed by atoms with Crippen molar-refractivity contribution >= 4 is 24.1 Å². The minimum Gasteiger partial charge on any atom is -0.466 e. The highest BCUT2D eigenvalue weighted by Crippen LogP contribution is 2.38.